The van der Waals surface area contributed by atoms with Gasteiger partial charge in [0.05, 0.1) is 21.8 Å². The summed E-state index contributed by atoms with van der Waals surface area (Å²) in [5.41, 5.74) is 0.0939. The van der Waals surface area contributed by atoms with Crippen LogP contribution in [0.5, 0.6) is 0 Å². The van der Waals surface area contributed by atoms with Gasteiger partial charge in [0.25, 0.3) is 5.91 Å². The van der Waals surface area contributed by atoms with E-state index in [0.29, 0.717) is 17.7 Å². The van der Waals surface area contributed by atoms with Gasteiger partial charge in [0, 0.05) is 12.7 Å². The summed E-state index contributed by atoms with van der Waals surface area (Å²) in [6.45, 7) is 1.45. The Kier molecular flexibility index (Phi) is 4.65. The molecule has 0 saturated carbocycles. The summed E-state index contributed by atoms with van der Waals surface area (Å²) >= 11 is 0. The lowest BCUT2D eigenvalue weighted by Gasteiger charge is -2.48. The van der Waals surface area contributed by atoms with Gasteiger partial charge in [-0.25, -0.2) is 8.42 Å². The Balaban J connectivity index is 1.66. The van der Waals surface area contributed by atoms with Gasteiger partial charge < -0.3 is 10.2 Å². The molecular formula is C21H21N3O5S. The Morgan fingerprint density at radius 3 is 2.50 bits per heavy atom. The molecule has 2 aromatic carbocycles. The van der Waals surface area contributed by atoms with E-state index in [4.69, 9.17) is 0 Å². The van der Waals surface area contributed by atoms with E-state index in [9.17, 15) is 22.8 Å². The number of carbonyl (C=O) groups excluding carboxylic acids is 3. The average Bonchev–Trinajstić information content (AvgIpc) is 3.00. The monoisotopic (exact) mass is 427 g/mol. The summed E-state index contributed by atoms with van der Waals surface area (Å²) in [5.74, 6) is -0.991. The standard InChI is InChI=1S/C21H21N3O5S/c1-21-12-11-19(26)24(21)16-9-5-3-7-14(16)20(27)23(21)13-18(25)22-15-8-4-6-10-17(15)30(2,28)29/h3-10H,11-13H2,1-2H3,(H,22,25). The Labute approximate surface area is 174 Å². The number of rotatable bonds is 4. The molecule has 0 aliphatic carbocycles. The Morgan fingerprint density at radius 1 is 1.10 bits per heavy atom. The molecular weight excluding hydrogens is 406 g/mol. The minimum atomic E-state index is -3.54. The van der Waals surface area contributed by atoms with Crippen LogP contribution in [0.25, 0.3) is 0 Å². The fraction of sp³-hybridized carbons (Fsp3) is 0.286. The smallest absolute Gasteiger partial charge is 0.258 e. The van der Waals surface area contributed by atoms with Crippen LogP contribution in [-0.2, 0) is 19.4 Å². The zero-order chi connectivity index (χ0) is 21.7. The highest BCUT2D eigenvalue weighted by Crippen LogP contribution is 2.43. The molecule has 9 heteroatoms. The number of amides is 3. The molecule has 2 aliphatic heterocycles. The van der Waals surface area contributed by atoms with Crippen LogP contribution < -0.4 is 10.2 Å². The molecule has 0 aromatic heterocycles. The number of nitrogens with zero attached hydrogens (tertiary/aromatic N) is 2. The third-order valence-electron chi connectivity index (χ3n) is 5.61. The first kappa shape index (κ1) is 20.1. The van der Waals surface area contributed by atoms with Crippen molar-refractivity contribution in [2.75, 3.05) is 23.0 Å². The minimum absolute atomic E-state index is 0.00227. The van der Waals surface area contributed by atoms with Crippen LogP contribution in [0.2, 0.25) is 0 Å². The zero-order valence-corrected chi connectivity index (χ0v) is 17.4. The maximum Gasteiger partial charge on any atom is 0.258 e. The number of benzene rings is 2. The van der Waals surface area contributed by atoms with Crippen LogP contribution in [0.3, 0.4) is 0 Å². The number of hydrogen-bond donors (Lipinski definition) is 1. The quantitative estimate of drug-likeness (QED) is 0.804. The number of hydrogen-bond acceptors (Lipinski definition) is 5. The predicted octanol–water partition coefficient (Wildman–Crippen LogP) is 2.03. The fourth-order valence-electron chi connectivity index (χ4n) is 4.17. The van der Waals surface area contributed by atoms with Crippen molar-refractivity contribution in [2.45, 2.75) is 30.3 Å². The van der Waals surface area contributed by atoms with Crippen molar-refractivity contribution in [1.29, 1.82) is 0 Å². The predicted molar refractivity (Wildman–Crippen MR) is 111 cm³/mol. The summed E-state index contributed by atoms with van der Waals surface area (Å²) in [5, 5.41) is 2.60. The SMILES string of the molecule is CC12CCC(=O)N1c1ccccc1C(=O)N2CC(=O)Nc1ccccc1S(C)(=O)=O. The molecule has 0 bridgehead atoms. The summed E-state index contributed by atoms with van der Waals surface area (Å²) in [7, 11) is -3.54. The molecule has 4 rings (SSSR count). The molecule has 1 atom stereocenters. The van der Waals surface area contributed by atoms with Gasteiger partial charge in [-0.2, -0.15) is 0 Å². The van der Waals surface area contributed by atoms with Gasteiger partial charge in [-0.1, -0.05) is 24.3 Å². The summed E-state index contributed by atoms with van der Waals surface area (Å²) in [6.07, 6.45) is 1.73. The normalized spacial score (nSPS) is 20.7. The van der Waals surface area contributed by atoms with Crippen molar-refractivity contribution >= 4 is 38.9 Å². The van der Waals surface area contributed by atoms with Crippen LogP contribution in [0.4, 0.5) is 11.4 Å². The van der Waals surface area contributed by atoms with Crippen molar-refractivity contribution in [1.82, 2.24) is 4.90 Å². The van der Waals surface area contributed by atoms with Crippen LogP contribution in [0.1, 0.15) is 30.1 Å². The lowest BCUT2D eigenvalue weighted by atomic mass is 9.98. The third kappa shape index (κ3) is 3.15. The van der Waals surface area contributed by atoms with E-state index in [2.05, 4.69) is 5.32 Å². The minimum Gasteiger partial charge on any atom is -0.323 e. The van der Waals surface area contributed by atoms with Crippen molar-refractivity contribution in [2.24, 2.45) is 0 Å². The summed E-state index contributed by atoms with van der Waals surface area (Å²) in [6, 6.07) is 12.9. The summed E-state index contributed by atoms with van der Waals surface area (Å²) < 4.78 is 24.0. The number of para-hydroxylation sites is 2. The number of nitrogens with one attached hydrogen (secondary N) is 1. The topological polar surface area (TPSA) is 104 Å². The highest BCUT2D eigenvalue weighted by atomic mass is 32.2. The summed E-state index contributed by atoms with van der Waals surface area (Å²) in [4.78, 5) is 41.6. The molecule has 156 valence electrons. The second-order valence-electron chi connectivity index (χ2n) is 7.67. The highest BCUT2D eigenvalue weighted by Gasteiger charge is 2.53. The molecule has 1 unspecified atom stereocenters. The Morgan fingerprint density at radius 2 is 1.77 bits per heavy atom. The van der Waals surface area contributed by atoms with Gasteiger partial charge in [-0.3, -0.25) is 19.3 Å². The van der Waals surface area contributed by atoms with Gasteiger partial charge in [0.1, 0.15) is 12.2 Å². The largest absolute Gasteiger partial charge is 0.323 e. The first-order chi connectivity index (χ1) is 14.1. The van der Waals surface area contributed by atoms with Crippen LogP contribution in [-0.4, -0.2) is 49.5 Å². The van der Waals surface area contributed by atoms with Crippen LogP contribution in [0.15, 0.2) is 53.4 Å². The lowest BCUT2D eigenvalue weighted by molar-refractivity contribution is -0.120. The van der Waals surface area contributed by atoms with Crippen molar-refractivity contribution < 1.29 is 22.8 Å². The van der Waals surface area contributed by atoms with Crippen LogP contribution >= 0.6 is 0 Å². The average molecular weight is 427 g/mol. The van der Waals surface area contributed by atoms with Gasteiger partial charge in [-0.05, 0) is 37.6 Å². The van der Waals surface area contributed by atoms with Gasteiger partial charge >= 0.3 is 0 Å². The maximum absolute atomic E-state index is 13.2. The van der Waals surface area contributed by atoms with Gasteiger partial charge in [0.2, 0.25) is 11.8 Å². The molecule has 1 saturated heterocycles. The molecule has 0 radical (unpaired) electrons. The first-order valence-corrected chi connectivity index (χ1v) is 11.3. The Bertz CT molecular complexity index is 1180. The van der Waals surface area contributed by atoms with Gasteiger partial charge in [0.15, 0.2) is 9.84 Å². The van der Waals surface area contributed by atoms with Crippen molar-refractivity contribution in [3.05, 3.63) is 54.1 Å². The molecule has 1 fully saturated rings. The van der Waals surface area contributed by atoms with Crippen molar-refractivity contribution in [3.63, 3.8) is 0 Å². The van der Waals surface area contributed by atoms with E-state index in [0.717, 1.165) is 6.26 Å². The van der Waals surface area contributed by atoms with E-state index in [-0.39, 0.29) is 35.4 Å². The molecule has 0 spiro atoms. The third-order valence-corrected chi connectivity index (χ3v) is 6.76. The molecule has 30 heavy (non-hydrogen) atoms. The lowest BCUT2D eigenvalue weighted by Crippen LogP contribution is -2.63. The van der Waals surface area contributed by atoms with Gasteiger partial charge in [-0.15, -0.1) is 0 Å². The van der Waals surface area contributed by atoms with Crippen molar-refractivity contribution in [3.8, 4) is 0 Å². The Hall–Kier alpha value is -3.20. The molecule has 3 amide bonds. The maximum atomic E-state index is 13.2. The molecule has 2 aromatic rings. The molecule has 2 aliphatic rings. The molecule has 8 nitrogen and oxygen atoms in total. The molecule has 2 heterocycles. The van der Waals surface area contributed by atoms with E-state index in [1.165, 1.54) is 17.0 Å². The number of sulfone groups is 1. The molecule has 1 N–H and O–H groups in total. The number of anilines is 2. The zero-order valence-electron chi connectivity index (χ0n) is 16.6. The van der Waals surface area contributed by atoms with E-state index >= 15 is 0 Å². The highest BCUT2D eigenvalue weighted by molar-refractivity contribution is 7.90. The number of carbonyl (C=O) groups is 3. The first-order valence-electron chi connectivity index (χ1n) is 9.46. The fourth-order valence-corrected chi connectivity index (χ4v) is 5.01. The van der Waals surface area contributed by atoms with E-state index in [1.807, 2.05) is 0 Å². The second kappa shape index (κ2) is 6.94. The second-order valence-corrected chi connectivity index (χ2v) is 9.66. The van der Waals surface area contributed by atoms with Crippen LogP contribution in [0, 0.1) is 0 Å². The van der Waals surface area contributed by atoms with E-state index in [1.54, 1.807) is 48.2 Å². The van der Waals surface area contributed by atoms with E-state index < -0.39 is 21.4 Å². The number of fused-ring (bicyclic) bond motifs is 3.